The van der Waals surface area contributed by atoms with Gasteiger partial charge in [0.15, 0.2) is 0 Å². The van der Waals surface area contributed by atoms with Crippen LogP contribution >= 0.6 is 0 Å². The normalized spacial score (nSPS) is 13.4. The Hall–Kier alpha value is -0.0900. The van der Waals surface area contributed by atoms with Crippen LogP contribution in [0.1, 0.15) is 97.3 Å². The van der Waals surface area contributed by atoms with Crippen LogP contribution in [0.25, 0.3) is 0 Å². The maximum absolute atomic E-state index is 12.0. The lowest BCUT2D eigenvalue weighted by Gasteiger charge is -2.14. The molecule has 0 fully saturated rings. The highest BCUT2D eigenvalue weighted by atomic mass is 32.2. The van der Waals surface area contributed by atoms with Gasteiger partial charge in [-0.25, -0.2) is 13.1 Å². The van der Waals surface area contributed by atoms with Gasteiger partial charge in [0.05, 0.1) is 5.75 Å². The summed E-state index contributed by atoms with van der Waals surface area (Å²) in [5.74, 6) is 0.253. The van der Waals surface area contributed by atoms with Crippen molar-refractivity contribution in [2.45, 2.75) is 103 Å². The molecular weight excluding hydrogens is 294 g/mol. The molecule has 0 saturated carbocycles. The van der Waals surface area contributed by atoms with Crippen molar-refractivity contribution in [3.8, 4) is 0 Å². The van der Waals surface area contributed by atoms with Crippen molar-refractivity contribution in [1.82, 2.24) is 4.72 Å². The molecule has 3 nitrogen and oxygen atoms in total. The molecule has 0 aliphatic heterocycles. The number of hydrogen-bond donors (Lipinski definition) is 1. The van der Waals surface area contributed by atoms with Crippen LogP contribution in [0, 0.1) is 6.92 Å². The average Bonchev–Trinajstić information content (AvgIpc) is 2.46. The van der Waals surface area contributed by atoms with Gasteiger partial charge in [-0.1, -0.05) is 84.5 Å². The van der Waals surface area contributed by atoms with Gasteiger partial charge in [0.2, 0.25) is 10.0 Å². The summed E-state index contributed by atoms with van der Waals surface area (Å²) in [4.78, 5) is 0. The van der Waals surface area contributed by atoms with E-state index < -0.39 is 10.0 Å². The lowest BCUT2D eigenvalue weighted by atomic mass is 10.1. The minimum absolute atomic E-state index is 0.170. The molecule has 0 bridgehead atoms. The summed E-state index contributed by atoms with van der Waals surface area (Å²) in [6, 6.07) is -0.170. The number of unbranched alkanes of at least 4 members (excludes halogenated alkanes) is 10. The Kier molecular flexibility index (Phi) is 14.4. The van der Waals surface area contributed by atoms with E-state index in [1.54, 1.807) is 0 Å². The zero-order valence-corrected chi connectivity index (χ0v) is 15.7. The van der Waals surface area contributed by atoms with Gasteiger partial charge in [-0.15, -0.1) is 0 Å². The Morgan fingerprint density at radius 2 is 1.23 bits per heavy atom. The fourth-order valence-corrected chi connectivity index (χ4v) is 3.94. The molecule has 22 heavy (non-hydrogen) atoms. The number of sulfonamides is 1. The first-order valence-corrected chi connectivity index (χ1v) is 11.0. The van der Waals surface area contributed by atoms with Crippen LogP contribution in [-0.4, -0.2) is 20.2 Å². The average molecular weight is 333 g/mol. The van der Waals surface area contributed by atoms with Gasteiger partial charge in [0.1, 0.15) is 0 Å². The van der Waals surface area contributed by atoms with Crippen molar-refractivity contribution in [2.75, 3.05) is 5.75 Å². The second-order valence-electron chi connectivity index (χ2n) is 6.46. The highest BCUT2D eigenvalue weighted by molar-refractivity contribution is 7.89. The Morgan fingerprint density at radius 3 is 1.77 bits per heavy atom. The maximum atomic E-state index is 12.0. The molecule has 0 heterocycles. The van der Waals surface area contributed by atoms with Crippen molar-refractivity contribution >= 4 is 10.0 Å². The van der Waals surface area contributed by atoms with E-state index in [9.17, 15) is 8.42 Å². The first-order chi connectivity index (χ1) is 10.5. The molecule has 0 aromatic carbocycles. The molecular formula is C18H38NO2S. The molecule has 0 spiro atoms. The molecule has 1 N–H and O–H groups in total. The van der Waals surface area contributed by atoms with Gasteiger partial charge in [-0.2, -0.15) is 0 Å². The number of nitrogens with one attached hydrogen (secondary N) is 1. The van der Waals surface area contributed by atoms with Gasteiger partial charge in [-0.05, 0) is 19.8 Å². The van der Waals surface area contributed by atoms with Crippen molar-refractivity contribution in [3.63, 3.8) is 0 Å². The van der Waals surface area contributed by atoms with E-state index in [-0.39, 0.29) is 11.8 Å². The van der Waals surface area contributed by atoms with Gasteiger partial charge < -0.3 is 0 Å². The van der Waals surface area contributed by atoms with E-state index in [4.69, 9.17) is 0 Å². The summed E-state index contributed by atoms with van der Waals surface area (Å²) in [6.07, 6.45) is 14.9. The van der Waals surface area contributed by atoms with Crippen LogP contribution in [0.2, 0.25) is 0 Å². The second-order valence-corrected chi connectivity index (χ2v) is 8.33. The summed E-state index contributed by atoms with van der Waals surface area (Å²) in [5.41, 5.74) is 0. The van der Waals surface area contributed by atoms with Crippen LogP contribution < -0.4 is 4.72 Å². The SMILES string of the molecule is [CH2]C(CCCCCC)NS(=O)(=O)CCCCCCCCCC. The summed E-state index contributed by atoms with van der Waals surface area (Å²) >= 11 is 0. The Bertz CT molecular complexity index is 328. The lowest BCUT2D eigenvalue weighted by molar-refractivity contribution is 0.536. The highest BCUT2D eigenvalue weighted by Gasteiger charge is 2.13. The fraction of sp³-hybridized carbons (Fsp3) is 0.944. The fourth-order valence-electron chi connectivity index (χ4n) is 2.62. The highest BCUT2D eigenvalue weighted by Crippen LogP contribution is 2.10. The number of rotatable bonds is 16. The third-order valence-electron chi connectivity index (χ3n) is 4.02. The molecule has 0 aliphatic carbocycles. The van der Waals surface area contributed by atoms with Crippen molar-refractivity contribution in [2.24, 2.45) is 0 Å². The summed E-state index contributed by atoms with van der Waals surface area (Å²) in [7, 11) is -3.14. The van der Waals surface area contributed by atoms with E-state index in [0.717, 1.165) is 32.1 Å². The Balaban J connectivity index is 3.59. The molecule has 0 aromatic heterocycles. The van der Waals surface area contributed by atoms with Gasteiger partial charge in [0.25, 0.3) is 0 Å². The van der Waals surface area contributed by atoms with Gasteiger partial charge in [0, 0.05) is 6.04 Å². The third kappa shape index (κ3) is 14.8. The maximum Gasteiger partial charge on any atom is 0.211 e. The molecule has 0 rings (SSSR count). The topological polar surface area (TPSA) is 46.2 Å². The zero-order valence-electron chi connectivity index (χ0n) is 14.9. The van der Waals surface area contributed by atoms with E-state index >= 15 is 0 Å². The molecule has 4 heteroatoms. The summed E-state index contributed by atoms with van der Waals surface area (Å²) in [6.45, 7) is 8.31. The Morgan fingerprint density at radius 1 is 0.773 bits per heavy atom. The molecule has 133 valence electrons. The van der Waals surface area contributed by atoms with E-state index in [1.165, 1.54) is 51.4 Å². The molecule has 0 saturated heterocycles. The molecule has 0 amide bonds. The van der Waals surface area contributed by atoms with Crippen molar-refractivity contribution < 1.29 is 8.42 Å². The molecule has 1 atom stereocenters. The Labute approximate surface area is 139 Å². The van der Waals surface area contributed by atoms with E-state index in [2.05, 4.69) is 25.5 Å². The van der Waals surface area contributed by atoms with Gasteiger partial charge >= 0.3 is 0 Å². The van der Waals surface area contributed by atoms with Crippen LogP contribution in [0.3, 0.4) is 0 Å². The minimum Gasteiger partial charge on any atom is -0.212 e. The zero-order chi connectivity index (χ0) is 16.7. The van der Waals surface area contributed by atoms with Crippen molar-refractivity contribution in [1.29, 1.82) is 0 Å². The van der Waals surface area contributed by atoms with Crippen LogP contribution in [-0.2, 0) is 10.0 Å². The van der Waals surface area contributed by atoms with Crippen LogP contribution in [0.15, 0.2) is 0 Å². The monoisotopic (exact) mass is 332 g/mol. The minimum atomic E-state index is -3.14. The molecule has 0 aliphatic rings. The molecule has 1 unspecified atom stereocenters. The number of hydrogen-bond acceptors (Lipinski definition) is 2. The van der Waals surface area contributed by atoms with Crippen LogP contribution in [0.4, 0.5) is 0 Å². The molecule has 1 radical (unpaired) electrons. The van der Waals surface area contributed by atoms with Crippen molar-refractivity contribution in [3.05, 3.63) is 6.92 Å². The van der Waals surface area contributed by atoms with E-state index in [0.29, 0.717) is 0 Å². The predicted octanol–water partition coefficient (Wildman–Crippen LogP) is 5.22. The molecule has 0 aromatic rings. The quantitative estimate of drug-likeness (QED) is 0.394. The third-order valence-corrected chi connectivity index (χ3v) is 5.54. The largest absolute Gasteiger partial charge is 0.212 e. The first kappa shape index (κ1) is 21.9. The standard InChI is InChI=1S/C18H38NO2S/c1-4-6-8-10-11-12-13-15-17-22(20,21)19-18(3)16-14-9-7-5-2/h18-19H,3-17H2,1-2H3. The first-order valence-electron chi connectivity index (χ1n) is 9.35. The summed E-state index contributed by atoms with van der Waals surface area (Å²) in [5, 5.41) is 0. The van der Waals surface area contributed by atoms with E-state index in [1.807, 2.05) is 0 Å². The van der Waals surface area contributed by atoms with Crippen LogP contribution in [0.5, 0.6) is 0 Å². The second kappa shape index (κ2) is 14.5. The smallest absolute Gasteiger partial charge is 0.211 e. The summed E-state index contributed by atoms with van der Waals surface area (Å²) < 4.78 is 26.6. The predicted molar refractivity (Wildman–Crippen MR) is 97.4 cm³/mol. The van der Waals surface area contributed by atoms with Gasteiger partial charge in [-0.3, -0.25) is 0 Å². The lowest BCUT2D eigenvalue weighted by Crippen LogP contribution is -2.34.